The minimum atomic E-state index is 1.08. The van der Waals surface area contributed by atoms with Crippen LogP contribution in [0.2, 0.25) is 0 Å². The Balaban J connectivity index is 1.88. The summed E-state index contributed by atoms with van der Waals surface area (Å²) < 4.78 is 0. The van der Waals surface area contributed by atoms with E-state index in [1.165, 1.54) is 28.1 Å². The molecule has 1 unspecified atom stereocenters. The van der Waals surface area contributed by atoms with Crippen molar-refractivity contribution in [3.05, 3.63) is 60.0 Å². The van der Waals surface area contributed by atoms with E-state index in [2.05, 4.69) is 92.8 Å². The minimum Gasteiger partial charge on any atom is -0.375 e. The number of hydrogen-bond donors (Lipinski definition) is 1. The van der Waals surface area contributed by atoms with Crippen LogP contribution in [-0.4, -0.2) is 45.7 Å². The molecule has 0 fully saturated rings. The lowest BCUT2D eigenvalue weighted by Gasteiger charge is -2.20. The summed E-state index contributed by atoms with van der Waals surface area (Å²) in [6.45, 7) is 5.50. The number of anilines is 1. The maximum Gasteiger partial charge on any atom is 0.106 e. The van der Waals surface area contributed by atoms with Crippen LogP contribution in [0.15, 0.2) is 54.4 Å². The van der Waals surface area contributed by atoms with Gasteiger partial charge in [0.1, 0.15) is 6.20 Å². The Morgan fingerprint density at radius 2 is 1.74 bits per heavy atom. The van der Waals surface area contributed by atoms with Crippen molar-refractivity contribution in [2.45, 2.75) is 13.3 Å². The van der Waals surface area contributed by atoms with Crippen LogP contribution in [0, 0.1) is 0 Å². The SMILES string of the molecule is CC[NH+]1C=CC(/C=C/c2ccc(N(C)CCCN(C)C)cc2)=C1. The van der Waals surface area contributed by atoms with Crippen LogP contribution >= 0.6 is 0 Å². The van der Waals surface area contributed by atoms with Crippen molar-refractivity contribution in [3.63, 3.8) is 0 Å². The van der Waals surface area contributed by atoms with Crippen LogP contribution < -0.4 is 9.80 Å². The molecule has 0 bridgehead atoms. The molecule has 1 atom stereocenters. The molecule has 0 aliphatic carbocycles. The van der Waals surface area contributed by atoms with Gasteiger partial charge in [-0.3, -0.25) is 4.90 Å². The smallest absolute Gasteiger partial charge is 0.106 e. The lowest BCUT2D eigenvalue weighted by atomic mass is 10.1. The van der Waals surface area contributed by atoms with Gasteiger partial charge in [0.05, 0.1) is 12.7 Å². The molecule has 2 rings (SSSR count). The molecule has 1 heterocycles. The zero-order chi connectivity index (χ0) is 16.7. The molecular formula is C20H30N3+. The molecular weight excluding hydrogens is 282 g/mol. The Bertz CT molecular complexity index is 567. The fourth-order valence-corrected chi connectivity index (χ4v) is 2.62. The Kier molecular flexibility index (Phi) is 6.63. The first-order valence-corrected chi connectivity index (χ1v) is 8.48. The highest BCUT2D eigenvalue weighted by atomic mass is 15.1. The zero-order valence-corrected chi connectivity index (χ0v) is 14.9. The lowest BCUT2D eigenvalue weighted by molar-refractivity contribution is -0.785. The van der Waals surface area contributed by atoms with Gasteiger partial charge in [0.2, 0.25) is 0 Å². The Morgan fingerprint density at radius 1 is 1.00 bits per heavy atom. The standard InChI is InChI=1S/C20H29N3/c1-5-23-16-13-19(17-23)8-7-18-9-11-20(12-10-18)22(4)15-6-14-21(2)3/h7-13,16-17H,5-6,14-15H2,1-4H3/p+1/b8-7+. The number of nitrogens with one attached hydrogen (secondary N) is 1. The van der Waals surface area contributed by atoms with Crippen molar-refractivity contribution in [2.75, 3.05) is 45.7 Å². The number of benzene rings is 1. The van der Waals surface area contributed by atoms with Gasteiger partial charge >= 0.3 is 0 Å². The second kappa shape index (κ2) is 8.70. The van der Waals surface area contributed by atoms with Crippen molar-refractivity contribution in [1.29, 1.82) is 0 Å². The van der Waals surface area contributed by atoms with Gasteiger partial charge in [-0.1, -0.05) is 18.2 Å². The molecule has 1 aromatic carbocycles. The summed E-state index contributed by atoms with van der Waals surface area (Å²) in [5.41, 5.74) is 3.81. The summed E-state index contributed by atoms with van der Waals surface area (Å²) in [5, 5.41) is 0. The first-order chi connectivity index (χ1) is 11.1. The van der Waals surface area contributed by atoms with E-state index in [9.17, 15) is 0 Å². The molecule has 124 valence electrons. The van der Waals surface area contributed by atoms with Gasteiger partial charge in [-0.05, 0) is 57.8 Å². The van der Waals surface area contributed by atoms with Crippen LogP contribution in [-0.2, 0) is 0 Å². The quantitative estimate of drug-likeness (QED) is 0.790. The summed E-state index contributed by atoms with van der Waals surface area (Å²) in [6.07, 6.45) is 12.2. The van der Waals surface area contributed by atoms with E-state index in [-0.39, 0.29) is 0 Å². The topological polar surface area (TPSA) is 10.9 Å². The maximum atomic E-state index is 2.32. The van der Waals surface area contributed by atoms with Crippen LogP contribution in [0.5, 0.6) is 0 Å². The Hall–Kier alpha value is -1.84. The van der Waals surface area contributed by atoms with E-state index < -0.39 is 0 Å². The predicted molar refractivity (Wildman–Crippen MR) is 101 cm³/mol. The van der Waals surface area contributed by atoms with Crippen molar-refractivity contribution in [3.8, 4) is 0 Å². The van der Waals surface area contributed by atoms with Gasteiger partial charge in [0.25, 0.3) is 0 Å². The third kappa shape index (κ3) is 5.70. The maximum absolute atomic E-state index is 2.32. The molecule has 0 amide bonds. The monoisotopic (exact) mass is 312 g/mol. The largest absolute Gasteiger partial charge is 0.375 e. The molecule has 23 heavy (non-hydrogen) atoms. The first-order valence-electron chi connectivity index (χ1n) is 8.48. The summed E-state index contributed by atoms with van der Waals surface area (Å²) in [5.74, 6) is 0. The second-order valence-electron chi connectivity index (χ2n) is 6.41. The second-order valence-corrected chi connectivity index (χ2v) is 6.41. The highest BCUT2D eigenvalue weighted by Gasteiger charge is 2.06. The molecule has 0 saturated heterocycles. The van der Waals surface area contributed by atoms with Gasteiger partial charge in [-0.25, -0.2) is 0 Å². The molecule has 3 heteroatoms. The van der Waals surface area contributed by atoms with Crippen molar-refractivity contribution >= 4 is 11.8 Å². The highest BCUT2D eigenvalue weighted by Crippen LogP contribution is 2.15. The van der Waals surface area contributed by atoms with E-state index in [0.717, 1.165) is 19.6 Å². The summed E-state index contributed by atoms with van der Waals surface area (Å²) >= 11 is 0. The van der Waals surface area contributed by atoms with E-state index in [1.54, 1.807) is 0 Å². The minimum absolute atomic E-state index is 1.08. The average Bonchev–Trinajstić information content (AvgIpc) is 3.01. The van der Waals surface area contributed by atoms with E-state index in [1.807, 2.05) is 0 Å². The summed E-state index contributed by atoms with van der Waals surface area (Å²) in [6, 6.07) is 8.80. The average molecular weight is 312 g/mol. The van der Waals surface area contributed by atoms with Gasteiger partial charge in [0.15, 0.2) is 0 Å². The normalized spacial score (nSPS) is 17.3. The third-order valence-corrected chi connectivity index (χ3v) is 4.15. The van der Waals surface area contributed by atoms with Gasteiger partial charge in [-0.15, -0.1) is 0 Å². The fraction of sp³-hybridized carbons (Fsp3) is 0.400. The number of hydrogen-bond acceptors (Lipinski definition) is 2. The predicted octanol–water partition coefficient (Wildman–Crippen LogP) is 2.40. The van der Waals surface area contributed by atoms with Gasteiger partial charge < -0.3 is 9.80 Å². The molecule has 1 N–H and O–H groups in total. The summed E-state index contributed by atoms with van der Waals surface area (Å²) in [7, 11) is 6.41. The van der Waals surface area contributed by atoms with Crippen LogP contribution in [0.25, 0.3) is 6.08 Å². The molecule has 0 saturated carbocycles. The third-order valence-electron chi connectivity index (χ3n) is 4.15. The van der Waals surface area contributed by atoms with E-state index >= 15 is 0 Å². The van der Waals surface area contributed by atoms with Gasteiger partial charge in [0, 0.05) is 30.9 Å². The molecule has 3 nitrogen and oxygen atoms in total. The number of nitrogens with zero attached hydrogens (tertiary/aromatic N) is 2. The van der Waals surface area contributed by atoms with Crippen LogP contribution in [0.3, 0.4) is 0 Å². The molecule has 1 aliphatic rings. The Morgan fingerprint density at radius 3 is 2.35 bits per heavy atom. The zero-order valence-electron chi connectivity index (χ0n) is 14.9. The van der Waals surface area contributed by atoms with Crippen molar-refractivity contribution in [1.82, 2.24) is 4.90 Å². The summed E-state index contributed by atoms with van der Waals surface area (Å²) in [4.78, 5) is 5.95. The number of rotatable bonds is 8. The molecule has 0 radical (unpaired) electrons. The Labute approximate surface area is 141 Å². The molecule has 0 aromatic heterocycles. The number of allylic oxidation sites excluding steroid dienone is 3. The fourth-order valence-electron chi connectivity index (χ4n) is 2.62. The van der Waals surface area contributed by atoms with E-state index in [0.29, 0.717) is 0 Å². The van der Waals surface area contributed by atoms with Crippen molar-refractivity contribution < 1.29 is 4.90 Å². The lowest BCUT2D eigenvalue weighted by Crippen LogP contribution is -3.01. The number of quaternary nitrogens is 1. The van der Waals surface area contributed by atoms with Crippen LogP contribution in [0.4, 0.5) is 5.69 Å². The van der Waals surface area contributed by atoms with Gasteiger partial charge in [-0.2, -0.15) is 0 Å². The molecule has 1 aliphatic heterocycles. The molecule has 1 aromatic rings. The van der Waals surface area contributed by atoms with Crippen LogP contribution in [0.1, 0.15) is 18.9 Å². The highest BCUT2D eigenvalue weighted by molar-refractivity contribution is 5.58. The van der Waals surface area contributed by atoms with E-state index in [4.69, 9.17) is 0 Å². The van der Waals surface area contributed by atoms with Crippen molar-refractivity contribution in [2.24, 2.45) is 0 Å². The first kappa shape index (κ1) is 17.5. The molecule has 0 spiro atoms.